The molecule has 18 heavy (non-hydrogen) atoms. The van der Waals surface area contributed by atoms with Crippen molar-refractivity contribution < 1.29 is 4.79 Å². The first-order valence-corrected chi connectivity index (χ1v) is 7.97. The molecule has 0 fully saturated rings. The number of thiophene rings is 1. The molecule has 2 atom stereocenters. The Balaban J connectivity index is 2.26. The minimum atomic E-state index is 0.120. The summed E-state index contributed by atoms with van der Waals surface area (Å²) in [5.74, 6) is 0.120. The lowest BCUT2D eigenvalue weighted by molar-refractivity contribution is -0.121. The Kier molecular flexibility index (Phi) is 6.89. The molecule has 3 nitrogen and oxygen atoms in total. The average molecular weight is 333 g/mol. The Morgan fingerprint density at radius 3 is 2.78 bits per heavy atom. The Bertz CT molecular complexity index is 381. The quantitative estimate of drug-likeness (QED) is 0.802. The SMILES string of the molecule is CCC(C)NC(=O)CCNC(C)c1sccc1Br. The lowest BCUT2D eigenvalue weighted by Gasteiger charge is -2.14. The molecule has 0 bridgehead atoms. The van der Waals surface area contributed by atoms with Gasteiger partial charge in [0, 0.05) is 34.4 Å². The van der Waals surface area contributed by atoms with Gasteiger partial charge in [-0.25, -0.2) is 0 Å². The molecule has 5 heteroatoms. The van der Waals surface area contributed by atoms with Gasteiger partial charge in [-0.15, -0.1) is 11.3 Å². The topological polar surface area (TPSA) is 41.1 Å². The summed E-state index contributed by atoms with van der Waals surface area (Å²) in [6.45, 7) is 6.91. The highest BCUT2D eigenvalue weighted by molar-refractivity contribution is 9.10. The molecule has 0 spiro atoms. The van der Waals surface area contributed by atoms with Gasteiger partial charge in [-0.3, -0.25) is 4.79 Å². The van der Waals surface area contributed by atoms with Crippen LogP contribution in [0.1, 0.15) is 44.5 Å². The lowest BCUT2D eigenvalue weighted by atomic mass is 10.2. The number of hydrogen-bond donors (Lipinski definition) is 2. The third kappa shape index (κ3) is 5.08. The van der Waals surface area contributed by atoms with Crippen LogP contribution >= 0.6 is 27.3 Å². The van der Waals surface area contributed by atoms with E-state index < -0.39 is 0 Å². The third-order valence-electron chi connectivity index (χ3n) is 2.86. The molecule has 1 amide bonds. The molecule has 0 aliphatic rings. The Morgan fingerprint density at radius 1 is 1.50 bits per heavy atom. The standard InChI is InChI=1S/C13H21BrN2OS/c1-4-9(2)16-12(17)5-7-15-10(3)13-11(14)6-8-18-13/h6,8-10,15H,4-5,7H2,1-3H3,(H,16,17). The minimum Gasteiger partial charge on any atom is -0.354 e. The second kappa shape index (κ2) is 7.92. The molecule has 0 radical (unpaired) electrons. The van der Waals surface area contributed by atoms with Gasteiger partial charge in [0.05, 0.1) is 0 Å². The third-order valence-corrected chi connectivity index (χ3v) is 4.91. The van der Waals surface area contributed by atoms with Crippen LogP contribution in [0.2, 0.25) is 0 Å². The number of nitrogens with one attached hydrogen (secondary N) is 2. The molecule has 102 valence electrons. The Hall–Kier alpha value is -0.390. The van der Waals surface area contributed by atoms with E-state index in [1.165, 1.54) is 4.88 Å². The zero-order valence-electron chi connectivity index (χ0n) is 11.1. The predicted molar refractivity (Wildman–Crippen MR) is 80.9 cm³/mol. The molecule has 0 aromatic carbocycles. The monoisotopic (exact) mass is 332 g/mol. The Labute approximate surface area is 121 Å². The highest BCUT2D eigenvalue weighted by Gasteiger charge is 2.11. The fourth-order valence-electron chi connectivity index (χ4n) is 1.56. The van der Waals surface area contributed by atoms with Gasteiger partial charge >= 0.3 is 0 Å². The maximum atomic E-state index is 11.6. The Morgan fingerprint density at radius 2 is 2.22 bits per heavy atom. The van der Waals surface area contributed by atoms with Crippen LogP contribution in [-0.4, -0.2) is 18.5 Å². The van der Waals surface area contributed by atoms with E-state index in [1.807, 2.05) is 13.0 Å². The van der Waals surface area contributed by atoms with Crippen LogP contribution in [0, 0.1) is 0 Å². The highest BCUT2D eigenvalue weighted by atomic mass is 79.9. The first-order valence-electron chi connectivity index (χ1n) is 6.30. The summed E-state index contributed by atoms with van der Waals surface area (Å²) in [5.41, 5.74) is 0. The van der Waals surface area contributed by atoms with Crippen LogP contribution < -0.4 is 10.6 Å². The van der Waals surface area contributed by atoms with Crippen molar-refractivity contribution in [3.8, 4) is 0 Å². The second-order valence-electron chi connectivity index (χ2n) is 4.44. The van der Waals surface area contributed by atoms with Crippen molar-refractivity contribution in [2.45, 2.75) is 45.7 Å². The molecule has 0 aliphatic carbocycles. The van der Waals surface area contributed by atoms with Crippen molar-refractivity contribution in [3.05, 3.63) is 20.8 Å². The molecule has 2 N–H and O–H groups in total. The van der Waals surface area contributed by atoms with E-state index in [4.69, 9.17) is 0 Å². The summed E-state index contributed by atoms with van der Waals surface area (Å²) in [6.07, 6.45) is 1.50. The molecule has 2 unspecified atom stereocenters. The average Bonchev–Trinajstić information content (AvgIpc) is 2.75. The number of carbonyl (C=O) groups is 1. The van der Waals surface area contributed by atoms with Gasteiger partial charge in [-0.05, 0) is 47.6 Å². The molecule has 0 saturated heterocycles. The van der Waals surface area contributed by atoms with Crippen LogP contribution in [0.5, 0.6) is 0 Å². The van der Waals surface area contributed by atoms with Gasteiger partial charge in [0.15, 0.2) is 0 Å². The van der Waals surface area contributed by atoms with Crippen molar-refractivity contribution >= 4 is 33.2 Å². The summed E-state index contributed by atoms with van der Waals surface area (Å²) in [6, 6.07) is 2.59. The van der Waals surface area contributed by atoms with Crippen LogP contribution in [-0.2, 0) is 4.79 Å². The maximum Gasteiger partial charge on any atom is 0.221 e. The van der Waals surface area contributed by atoms with Crippen LogP contribution in [0.15, 0.2) is 15.9 Å². The van der Waals surface area contributed by atoms with E-state index >= 15 is 0 Å². The van der Waals surface area contributed by atoms with Crippen LogP contribution in [0.25, 0.3) is 0 Å². The lowest BCUT2D eigenvalue weighted by Crippen LogP contribution is -2.34. The minimum absolute atomic E-state index is 0.120. The van der Waals surface area contributed by atoms with Gasteiger partial charge in [-0.2, -0.15) is 0 Å². The molecule has 1 aromatic heterocycles. The molecule has 0 saturated carbocycles. The first kappa shape index (κ1) is 15.7. The summed E-state index contributed by atoms with van der Waals surface area (Å²) in [4.78, 5) is 12.9. The number of amides is 1. The molecule has 1 aromatic rings. The number of rotatable bonds is 7. The van der Waals surface area contributed by atoms with E-state index in [1.54, 1.807) is 11.3 Å². The van der Waals surface area contributed by atoms with Gasteiger partial charge in [-0.1, -0.05) is 6.92 Å². The smallest absolute Gasteiger partial charge is 0.221 e. The highest BCUT2D eigenvalue weighted by Crippen LogP contribution is 2.28. The predicted octanol–water partition coefficient (Wildman–Crippen LogP) is 3.47. The summed E-state index contributed by atoms with van der Waals surface area (Å²) in [7, 11) is 0. The van der Waals surface area contributed by atoms with E-state index in [9.17, 15) is 4.79 Å². The molecular weight excluding hydrogens is 312 g/mol. The fourth-order valence-corrected chi connectivity index (χ4v) is 3.31. The van der Waals surface area contributed by atoms with E-state index in [0.717, 1.165) is 10.9 Å². The van der Waals surface area contributed by atoms with Crippen LogP contribution in [0.4, 0.5) is 0 Å². The van der Waals surface area contributed by atoms with Crippen molar-refractivity contribution in [2.75, 3.05) is 6.54 Å². The van der Waals surface area contributed by atoms with Crippen molar-refractivity contribution in [1.29, 1.82) is 0 Å². The van der Waals surface area contributed by atoms with E-state index in [-0.39, 0.29) is 18.0 Å². The van der Waals surface area contributed by atoms with Gasteiger partial charge in [0.1, 0.15) is 0 Å². The fraction of sp³-hybridized carbons (Fsp3) is 0.615. The summed E-state index contributed by atoms with van der Waals surface area (Å²) in [5, 5.41) is 8.39. The molecule has 0 aliphatic heterocycles. The molecule has 1 rings (SSSR count). The molecular formula is C13H21BrN2OS. The second-order valence-corrected chi connectivity index (χ2v) is 6.24. The van der Waals surface area contributed by atoms with Crippen molar-refractivity contribution in [1.82, 2.24) is 10.6 Å². The number of carbonyl (C=O) groups excluding carboxylic acids is 1. The molecule has 1 heterocycles. The first-order chi connectivity index (χ1) is 8.54. The zero-order valence-corrected chi connectivity index (χ0v) is 13.5. The number of hydrogen-bond acceptors (Lipinski definition) is 3. The largest absolute Gasteiger partial charge is 0.354 e. The van der Waals surface area contributed by atoms with Crippen LogP contribution in [0.3, 0.4) is 0 Å². The maximum absolute atomic E-state index is 11.6. The normalized spacial score (nSPS) is 14.2. The summed E-state index contributed by atoms with van der Waals surface area (Å²) < 4.78 is 1.14. The van der Waals surface area contributed by atoms with Gasteiger partial charge in [0.25, 0.3) is 0 Å². The van der Waals surface area contributed by atoms with Gasteiger partial charge < -0.3 is 10.6 Å². The van der Waals surface area contributed by atoms with E-state index in [0.29, 0.717) is 13.0 Å². The summed E-state index contributed by atoms with van der Waals surface area (Å²) >= 11 is 5.24. The zero-order chi connectivity index (χ0) is 13.5. The van der Waals surface area contributed by atoms with Crippen molar-refractivity contribution in [2.24, 2.45) is 0 Å². The van der Waals surface area contributed by atoms with E-state index in [2.05, 4.69) is 45.8 Å². The van der Waals surface area contributed by atoms with Crippen molar-refractivity contribution in [3.63, 3.8) is 0 Å². The number of halogens is 1. The van der Waals surface area contributed by atoms with Gasteiger partial charge in [0.2, 0.25) is 5.91 Å².